The Labute approximate surface area is 129 Å². The second-order valence-electron chi connectivity index (χ2n) is 5.42. The van der Waals surface area contributed by atoms with E-state index >= 15 is 0 Å². The summed E-state index contributed by atoms with van der Waals surface area (Å²) in [7, 11) is -3.30. The number of aliphatic hydroxyl groups is 2. The Hall–Kier alpha value is 0.0700. The molecule has 1 atom stereocenters. The standard InChI is InChI=1S/C15H33O5P/c1-3-5-7-9-11-19-21(18,14-15(17)13-16)20-12-10-8-6-4-2/h15-17H,3-14H2,1-2H3. The molecule has 0 aliphatic rings. The quantitative estimate of drug-likeness (QED) is 0.354. The van der Waals surface area contributed by atoms with E-state index in [1.54, 1.807) is 0 Å². The van der Waals surface area contributed by atoms with E-state index < -0.39 is 20.3 Å². The molecule has 0 aromatic carbocycles. The summed E-state index contributed by atoms with van der Waals surface area (Å²) in [6.07, 6.45) is 7.09. The first-order valence-corrected chi connectivity index (χ1v) is 9.97. The van der Waals surface area contributed by atoms with E-state index in [0.717, 1.165) is 51.4 Å². The number of aliphatic hydroxyl groups excluding tert-OH is 2. The van der Waals surface area contributed by atoms with Crippen LogP contribution in [0, 0.1) is 0 Å². The van der Waals surface area contributed by atoms with Gasteiger partial charge in [-0.2, -0.15) is 0 Å². The summed E-state index contributed by atoms with van der Waals surface area (Å²) < 4.78 is 23.4. The molecule has 2 N–H and O–H groups in total. The molecule has 0 bridgehead atoms. The maximum atomic E-state index is 12.5. The summed E-state index contributed by atoms with van der Waals surface area (Å²) >= 11 is 0. The smallest absolute Gasteiger partial charge is 0.333 e. The summed E-state index contributed by atoms with van der Waals surface area (Å²) in [5, 5.41) is 18.4. The molecule has 0 aliphatic carbocycles. The van der Waals surface area contributed by atoms with Crippen molar-refractivity contribution in [2.75, 3.05) is 26.0 Å². The predicted octanol–water partition coefficient (Wildman–Crippen LogP) is 3.73. The largest absolute Gasteiger partial charge is 0.394 e. The Morgan fingerprint density at radius 3 is 1.76 bits per heavy atom. The Bertz CT molecular complexity index is 255. The lowest BCUT2D eigenvalue weighted by atomic mass is 10.2. The number of hydrogen-bond acceptors (Lipinski definition) is 5. The molecule has 0 aromatic rings. The van der Waals surface area contributed by atoms with Crippen LogP contribution in [0.4, 0.5) is 0 Å². The molecule has 0 radical (unpaired) electrons. The van der Waals surface area contributed by atoms with E-state index in [1.165, 1.54) is 0 Å². The zero-order valence-electron chi connectivity index (χ0n) is 13.6. The van der Waals surface area contributed by atoms with Gasteiger partial charge in [-0.25, -0.2) is 0 Å². The summed E-state index contributed by atoms with van der Waals surface area (Å²) in [5.74, 6) is 0. The highest BCUT2D eigenvalue weighted by atomic mass is 31.2. The first-order chi connectivity index (χ1) is 10.1. The van der Waals surface area contributed by atoms with Gasteiger partial charge in [0, 0.05) is 0 Å². The van der Waals surface area contributed by atoms with Crippen molar-refractivity contribution in [3.63, 3.8) is 0 Å². The molecule has 0 aliphatic heterocycles. The van der Waals surface area contributed by atoms with E-state index in [1.807, 2.05) is 0 Å². The van der Waals surface area contributed by atoms with Crippen molar-refractivity contribution in [2.24, 2.45) is 0 Å². The van der Waals surface area contributed by atoms with E-state index in [0.29, 0.717) is 13.2 Å². The average Bonchev–Trinajstić information content (AvgIpc) is 2.46. The van der Waals surface area contributed by atoms with Crippen LogP contribution in [0.2, 0.25) is 0 Å². The van der Waals surface area contributed by atoms with Crippen LogP contribution in [0.5, 0.6) is 0 Å². The van der Waals surface area contributed by atoms with Gasteiger partial charge in [0.05, 0.1) is 32.1 Å². The molecule has 0 heterocycles. The minimum Gasteiger partial charge on any atom is -0.394 e. The van der Waals surface area contributed by atoms with Crippen LogP contribution in [0.3, 0.4) is 0 Å². The van der Waals surface area contributed by atoms with E-state index in [2.05, 4.69) is 13.8 Å². The highest BCUT2D eigenvalue weighted by molar-refractivity contribution is 7.53. The van der Waals surface area contributed by atoms with Crippen molar-refractivity contribution in [3.8, 4) is 0 Å². The van der Waals surface area contributed by atoms with Crippen molar-refractivity contribution in [2.45, 2.75) is 71.3 Å². The fraction of sp³-hybridized carbons (Fsp3) is 1.00. The van der Waals surface area contributed by atoms with Crippen LogP contribution in [0.15, 0.2) is 0 Å². The lowest BCUT2D eigenvalue weighted by molar-refractivity contribution is 0.101. The van der Waals surface area contributed by atoms with E-state index in [-0.39, 0.29) is 6.16 Å². The Morgan fingerprint density at radius 1 is 0.905 bits per heavy atom. The van der Waals surface area contributed by atoms with E-state index in [9.17, 15) is 9.67 Å². The molecule has 0 aromatic heterocycles. The van der Waals surface area contributed by atoms with Gasteiger partial charge in [0.1, 0.15) is 0 Å². The lowest BCUT2D eigenvalue weighted by Gasteiger charge is -2.20. The van der Waals surface area contributed by atoms with Crippen molar-refractivity contribution < 1.29 is 23.8 Å². The summed E-state index contributed by atoms with van der Waals surface area (Å²) in [4.78, 5) is 0. The lowest BCUT2D eigenvalue weighted by Crippen LogP contribution is -2.19. The SMILES string of the molecule is CCCCCCOP(=O)(CC(O)CO)OCCCCCC. The second-order valence-corrected chi connectivity index (χ2v) is 7.52. The molecule has 0 spiro atoms. The third-order valence-electron chi connectivity index (χ3n) is 3.22. The number of rotatable bonds is 15. The van der Waals surface area contributed by atoms with Crippen LogP contribution < -0.4 is 0 Å². The summed E-state index contributed by atoms with van der Waals surface area (Å²) in [6.45, 7) is 4.59. The molecule has 0 saturated heterocycles. The maximum absolute atomic E-state index is 12.5. The first-order valence-electron chi connectivity index (χ1n) is 8.25. The van der Waals surface area contributed by atoms with Crippen molar-refractivity contribution >= 4 is 7.60 Å². The predicted molar refractivity (Wildman–Crippen MR) is 85.8 cm³/mol. The van der Waals surface area contributed by atoms with Crippen molar-refractivity contribution in [3.05, 3.63) is 0 Å². The Morgan fingerprint density at radius 2 is 1.38 bits per heavy atom. The average molecular weight is 324 g/mol. The monoisotopic (exact) mass is 324 g/mol. The molecule has 0 amide bonds. The van der Waals surface area contributed by atoms with Crippen LogP contribution >= 0.6 is 7.60 Å². The summed E-state index contributed by atoms with van der Waals surface area (Å²) in [6, 6.07) is 0. The molecule has 128 valence electrons. The van der Waals surface area contributed by atoms with E-state index in [4.69, 9.17) is 14.2 Å². The normalized spacial score (nSPS) is 13.5. The van der Waals surface area contributed by atoms with Crippen molar-refractivity contribution in [1.82, 2.24) is 0 Å². The Balaban J connectivity index is 4.11. The molecule has 5 nitrogen and oxygen atoms in total. The fourth-order valence-electron chi connectivity index (χ4n) is 1.92. The third-order valence-corrected chi connectivity index (χ3v) is 5.24. The molecular weight excluding hydrogens is 291 g/mol. The van der Waals surface area contributed by atoms with Crippen molar-refractivity contribution in [1.29, 1.82) is 0 Å². The molecule has 6 heteroatoms. The fourth-order valence-corrected chi connectivity index (χ4v) is 3.66. The minimum absolute atomic E-state index is 0.134. The van der Waals surface area contributed by atoms with Gasteiger partial charge in [0.2, 0.25) is 0 Å². The van der Waals surface area contributed by atoms with Gasteiger partial charge in [0.25, 0.3) is 0 Å². The third kappa shape index (κ3) is 12.3. The van der Waals surface area contributed by atoms with Gasteiger partial charge >= 0.3 is 7.60 Å². The van der Waals surface area contributed by atoms with Gasteiger partial charge in [-0.3, -0.25) is 4.57 Å². The number of unbranched alkanes of at least 4 members (excludes halogenated alkanes) is 6. The second kappa shape index (κ2) is 13.7. The molecule has 21 heavy (non-hydrogen) atoms. The molecule has 0 fully saturated rings. The van der Waals surface area contributed by atoms with Crippen LogP contribution in [-0.2, 0) is 13.6 Å². The van der Waals surface area contributed by atoms with Gasteiger partial charge in [-0.15, -0.1) is 0 Å². The zero-order valence-corrected chi connectivity index (χ0v) is 14.5. The highest BCUT2D eigenvalue weighted by Gasteiger charge is 2.28. The van der Waals surface area contributed by atoms with Crippen LogP contribution in [0.25, 0.3) is 0 Å². The molecule has 0 rings (SSSR count). The first kappa shape index (κ1) is 21.1. The zero-order chi connectivity index (χ0) is 16.0. The van der Waals surface area contributed by atoms with Crippen LogP contribution in [-0.4, -0.2) is 42.3 Å². The van der Waals surface area contributed by atoms with Gasteiger partial charge in [0.15, 0.2) is 0 Å². The molecule has 1 unspecified atom stereocenters. The van der Waals surface area contributed by atoms with Gasteiger partial charge < -0.3 is 19.3 Å². The number of hydrogen-bond donors (Lipinski definition) is 2. The van der Waals surface area contributed by atoms with Gasteiger partial charge in [-0.05, 0) is 12.8 Å². The van der Waals surface area contributed by atoms with Crippen LogP contribution in [0.1, 0.15) is 65.2 Å². The minimum atomic E-state index is -3.30. The van der Waals surface area contributed by atoms with Gasteiger partial charge in [-0.1, -0.05) is 52.4 Å². The summed E-state index contributed by atoms with van der Waals surface area (Å²) in [5.41, 5.74) is 0. The highest BCUT2D eigenvalue weighted by Crippen LogP contribution is 2.49. The molecule has 0 saturated carbocycles. The maximum Gasteiger partial charge on any atom is 0.333 e. The Kier molecular flexibility index (Phi) is 13.8. The topological polar surface area (TPSA) is 76.0 Å². The molecular formula is C15H33O5P.